The van der Waals surface area contributed by atoms with Crippen molar-refractivity contribution in [2.45, 2.75) is 20.0 Å². The molecule has 20 heavy (non-hydrogen) atoms. The fourth-order valence-corrected chi connectivity index (χ4v) is 2.44. The molecule has 1 aromatic carbocycles. The van der Waals surface area contributed by atoms with Crippen LogP contribution in [0.3, 0.4) is 0 Å². The SMILES string of the molecule is CCN(Cc1ccccn1)c1ccc(Cl)cc1CNC. The fourth-order valence-electron chi connectivity index (χ4n) is 2.25. The largest absolute Gasteiger partial charge is 0.366 e. The maximum absolute atomic E-state index is 6.10. The third kappa shape index (κ3) is 3.71. The first-order valence-electron chi connectivity index (χ1n) is 6.82. The Morgan fingerprint density at radius 2 is 2.10 bits per heavy atom. The Hall–Kier alpha value is -1.58. The Labute approximate surface area is 125 Å². The first-order valence-corrected chi connectivity index (χ1v) is 7.20. The highest BCUT2D eigenvalue weighted by Gasteiger charge is 2.11. The zero-order valence-corrected chi connectivity index (χ0v) is 12.7. The second-order valence-corrected chi connectivity index (χ2v) is 5.08. The Bertz CT molecular complexity index is 543. The van der Waals surface area contributed by atoms with Gasteiger partial charge in [-0.05, 0) is 49.9 Å². The van der Waals surface area contributed by atoms with Gasteiger partial charge in [0.2, 0.25) is 0 Å². The first-order chi connectivity index (χ1) is 9.74. The van der Waals surface area contributed by atoms with Crippen molar-refractivity contribution < 1.29 is 0 Å². The Kier molecular flexibility index (Phi) is 5.39. The molecule has 0 saturated heterocycles. The maximum Gasteiger partial charge on any atom is 0.0602 e. The molecule has 0 aliphatic rings. The highest BCUT2D eigenvalue weighted by atomic mass is 35.5. The minimum atomic E-state index is 0.771. The summed E-state index contributed by atoms with van der Waals surface area (Å²) in [6.45, 7) is 4.68. The van der Waals surface area contributed by atoms with E-state index < -0.39 is 0 Å². The van der Waals surface area contributed by atoms with Crippen LogP contribution in [-0.2, 0) is 13.1 Å². The lowest BCUT2D eigenvalue weighted by atomic mass is 10.1. The predicted octanol–water partition coefficient (Wildman–Crippen LogP) is 3.48. The summed E-state index contributed by atoms with van der Waals surface area (Å²) in [5, 5.41) is 3.96. The smallest absolute Gasteiger partial charge is 0.0602 e. The van der Waals surface area contributed by atoms with Crippen LogP contribution in [0, 0.1) is 0 Å². The minimum Gasteiger partial charge on any atom is -0.366 e. The third-order valence-corrected chi connectivity index (χ3v) is 3.45. The number of hydrogen-bond donors (Lipinski definition) is 1. The lowest BCUT2D eigenvalue weighted by Crippen LogP contribution is -2.24. The van der Waals surface area contributed by atoms with Crippen molar-refractivity contribution in [1.29, 1.82) is 0 Å². The van der Waals surface area contributed by atoms with Crippen LogP contribution in [0.5, 0.6) is 0 Å². The van der Waals surface area contributed by atoms with Crippen molar-refractivity contribution in [2.24, 2.45) is 0 Å². The van der Waals surface area contributed by atoms with E-state index in [0.29, 0.717) is 0 Å². The molecule has 0 aliphatic heterocycles. The van der Waals surface area contributed by atoms with E-state index in [1.54, 1.807) is 0 Å². The summed E-state index contributed by atoms with van der Waals surface area (Å²) in [6, 6.07) is 12.1. The van der Waals surface area contributed by atoms with E-state index in [9.17, 15) is 0 Å². The van der Waals surface area contributed by atoms with Gasteiger partial charge in [-0.2, -0.15) is 0 Å². The summed E-state index contributed by atoms with van der Waals surface area (Å²) in [4.78, 5) is 6.71. The molecule has 0 bridgehead atoms. The minimum absolute atomic E-state index is 0.771. The Balaban J connectivity index is 2.27. The van der Waals surface area contributed by atoms with Crippen molar-refractivity contribution >= 4 is 17.3 Å². The van der Waals surface area contributed by atoms with E-state index in [4.69, 9.17) is 11.6 Å². The van der Waals surface area contributed by atoms with Crippen LogP contribution in [0.25, 0.3) is 0 Å². The van der Waals surface area contributed by atoms with Crippen LogP contribution in [0.15, 0.2) is 42.6 Å². The average molecular weight is 290 g/mol. The number of aromatic nitrogens is 1. The number of rotatable bonds is 6. The van der Waals surface area contributed by atoms with Gasteiger partial charge in [0.25, 0.3) is 0 Å². The molecular weight excluding hydrogens is 270 g/mol. The van der Waals surface area contributed by atoms with E-state index in [0.717, 1.165) is 30.4 Å². The normalized spacial score (nSPS) is 10.6. The molecule has 1 aromatic heterocycles. The quantitative estimate of drug-likeness (QED) is 0.882. The highest BCUT2D eigenvalue weighted by molar-refractivity contribution is 6.30. The van der Waals surface area contributed by atoms with Crippen molar-refractivity contribution in [3.05, 3.63) is 58.9 Å². The molecule has 0 fully saturated rings. The molecule has 2 aromatic rings. The van der Waals surface area contributed by atoms with Crippen LogP contribution in [0.2, 0.25) is 5.02 Å². The number of halogens is 1. The molecule has 0 atom stereocenters. The van der Waals surface area contributed by atoms with Gasteiger partial charge in [0, 0.05) is 30.0 Å². The number of hydrogen-bond acceptors (Lipinski definition) is 3. The third-order valence-electron chi connectivity index (χ3n) is 3.21. The van der Waals surface area contributed by atoms with Crippen molar-refractivity contribution in [2.75, 3.05) is 18.5 Å². The molecule has 3 nitrogen and oxygen atoms in total. The molecule has 0 aliphatic carbocycles. The Morgan fingerprint density at radius 1 is 1.25 bits per heavy atom. The summed E-state index contributed by atoms with van der Waals surface area (Å²) in [5.41, 5.74) is 3.48. The van der Waals surface area contributed by atoms with Gasteiger partial charge in [0.05, 0.1) is 12.2 Å². The summed E-state index contributed by atoms with van der Waals surface area (Å²) in [5.74, 6) is 0. The molecule has 1 heterocycles. The summed E-state index contributed by atoms with van der Waals surface area (Å²) in [7, 11) is 1.94. The molecule has 2 rings (SSSR count). The standard InChI is InChI=1S/C16H20ClN3/c1-3-20(12-15-6-4-5-9-19-15)16-8-7-14(17)10-13(16)11-18-2/h4-10,18H,3,11-12H2,1-2H3. The zero-order chi connectivity index (χ0) is 14.4. The second kappa shape index (κ2) is 7.27. The van der Waals surface area contributed by atoms with E-state index in [2.05, 4.69) is 34.3 Å². The van der Waals surface area contributed by atoms with Crippen molar-refractivity contribution in [3.63, 3.8) is 0 Å². The van der Waals surface area contributed by atoms with Crippen molar-refractivity contribution in [3.8, 4) is 0 Å². The predicted molar refractivity (Wildman–Crippen MR) is 85.2 cm³/mol. The van der Waals surface area contributed by atoms with Crippen molar-refractivity contribution in [1.82, 2.24) is 10.3 Å². The van der Waals surface area contributed by atoms with Crippen LogP contribution < -0.4 is 10.2 Å². The average Bonchev–Trinajstić information content (AvgIpc) is 2.47. The number of nitrogens with one attached hydrogen (secondary N) is 1. The van der Waals surface area contributed by atoms with E-state index >= 15 is 0 Å². The van der Waals surface area contributed by atoms with Gasteiger partial charge < -0.3 is 10.2 Å². The van der Waals surface area contributed by atoms with Crippen LogP contribution >= 0.6 is 11.6 Å². The number of pyridine rings is 1. The maximum atomic E-state index is 6.10. The van der Waals surface area contributed by atoms with Gasteiger partial charge >= 0.3 is 0 Å². The molecule has 0 unspecified atom stereocenters. The van der Waals surface area contributed by atoms with E-state index in [1.165, 1.54) is 11.3 Å². The van der Waals surface area contributed by atoms with Crippen LogP contribution in [0.4, 0.5) is 5.69 Å². The molecule has 0 saturated carbocycles. The zero-order valence-electron chi connectivity index (χ0n) is 11.9. The summed E-state index contributed by atoms with van der Waals surface area (Å²) >= 11 is 6.10. The second-order valence-electron chi connectivity index (χ2n) is 4.64. The summed E-state index contributed by atoms with van der Waals surface area (Å²) in [6.07, 6.45) is 1.83. The molecule has 0 spiro atoms. The topological polar surface area (TPSA) is 28.2 Å². The monoisotopic (exact) mass is 289 g/mol. The Morgan fingerprint density at radius 3 is 2.75 bits per heavy atom. The van der Waals surface area contributed by atoms with E-state index in [-0.39, 0.29) is 0 Å². The first kappa shape index (κ1) is 14.8. The van der Waals surface area contributed by atoms with Gasteiger partial charge in [0.1, 0.15) is 0 Å². The molecular formula is C16H20ClN3. The van der Waals surface area contributed by atoms with Gasteiger partial charge in [-0.25, -0.2) is 0 Å². The van der Waals surface area contributed by atoms with Gasteiger partial charge in [0.15, 0.2) is 0 Å². The number of anilines is 1. The van der Waals surface area contributed by atoms with E-state index in [1.807, 2.05) is 37.5 Å². The molecule has 0 radical (unpaired) electrons. The van der Waals surface area contributed by atoms with Gasteiger partial charge in [-0.1, -0.05) is 17.7 Å². The molecule has 1 N–H and O–H groups in total. The molecule has 106 valence electrons. The van der Waals surface area contributed by atoms with Crippen LogP contribution in [-0.4, -0.2) is 18.6 Å². The number of nitrogens with zero attached hydrogens (tertiary/aromatic N) is 2. The molecule has 0 amide bonds. The molecule has 4 heteroatoms. The highest BCUT2D eigenvalue weighted by Crippen LogP contribution is 2.25. The van der Waals surface area contributed by atoms with Gasteiger partial charge in [-0.3, -0.25) is 4.98 Å². The lowest BCUT2D eigenvalue weighted by Gasteiger charge is -2.25. The summed E-state index contributed by atoms with van der Waals surface area (Å²) < 4.78 is 0. The van der Waals surface area contributed by atoms with Crippen LogP contribution in [0.1, 0.15) is 18.2 Å². The lowest BCUT2D eigenvalue weighted by molar-refractivity contribution is 0.775. The fraction of sp³-hybridized carbons (Fsp3) is 0.312. The van der Waals surface area contributed by atoms with Gasteiger partial charge in [-0.15, -0.1) is 0 Å². The number of benzene rings is 1.